The number of amides is 2. The molecule has 0 atom stereocenters. The van der Waals surface area contributed by atoms with Crippen LogP contribution in [-0.2, 0) is 10.2 Å². The zero-order chi connectivity index (χ0) is 17.2. The van der Waals surface area contributed by atoms with Crippen LogP contribution in [0.15, 0.2) is 48.5 Å². The van der Waals surface area contributed by atoms with Gasteiger partial charge in [0, 0.05) is 18.3 Å². The largest absolute Gasteiger partial charge is 0.355 e. The molecule has 2 aromatic rings. The van der Waals surface area contributed by atoms with Gasteiger partial charge in [0.1, 0.15) is 5.82 Å². The highest BCUT2D eigenvalue weighted by molar-refractivity contribution is 6.00. The van der Waals surface area contributed by atoms with E-state index < -0.39 is 5.41 Å². The van der Waals surface area contributed by atoms with Crippen molar-refractivity contribution in [2.24, 2.45) is 0 Å². The van der Waals surface area contributed by atoms with Gasteiger partial charge in [-0.25, -0.2) is 4.39 Å². The van der Waals surface area contributed by atoms with Crippen molar-refractivity contribution in [3.8, 4) is 0 Å². The zero-order valence-electron chi connectivity index (χ0n) is 13.4. The molecule has 0 saturated heterocycles. The molecule has 0 unspecified atom stereocenters. The maximum atomic E-state index is 13.1. The second-order valence-corrected chi connectivity index (χ2v) is 6.05. The lowest BCUT2D eigenvalue weighted by atomic mass is 9.64. The third kappa shape index (κ3) is 2.89. The van der Waals surface area contributed by atoms with E-state index in [0.717, 1.165) is 24.8 Å². The lowest BCUT2D eigenvalue weighted by Gasteiger charge is -2.40. The van der Waals surface area contributed by atoms with E-state index in [2.05, 4.69) is 10.6 Å². The second-order valence-electron chi connectivity index (χ2n) is 6.05. The lowest BCUT2D eigenvalue weighted by molar-refractivity contribution is -0.124. The van der Waals surface area contributed by atoms with Crippen molar-refractivity contribution >= 4 is 17.5 Å². The average molecular weight is 326 g/mol. The molecule has 0 spiro atoms. The minimum absolute atomic E-state index is 0.0898. The first-order chi connectivity index (χ1) is 11.5. The van der Waals surface area contributed by atoms with Gasteiger partial charge in [0.15, 0.2) is 0 Å². The van der Waals surface area contributed by atoms with Crippen LogP contribution in [0, 0.1) is 5.82 Å². The van der Waals surface area contributed by atoms with Gasteiger partial charge < -0.3 is 10.6 Å². The zero-order valence-corrected chi connectivity index (χ0v) is 13.4. The molecule has 0 radical (unpaired) electrons. The highest BCUT2D eigenvalue weighted by atomic mass is 19.1. The summed E-state index contributed by atoms with van der Waals surface area (Å²) >= 11 is 0. The van der Waals surface area contributed by atoms with E-state index in [1.807, 2.05) is 0 Å². The minimum atomic E-state index is -0.590. The third-order valence-electron chi connectivity index (χ3n) is 4.67. The Bertz CT molecular complexity index is 750. The molecule has 0 aliphatic heterocycles. The number of halogens is 1. The number of hydrogen-bond acceptors (Lipinski definition) is 2. The van der Waals surface area contributed by atoms with Crippen molar-refractivity contribution in [2.45, 2.75) is 24.7 Å². The number of carbonyl (C=O) groups is 2. The van der Waals surface area contributed by atoms with Gasteiger partial charge in [-0.1, -0.05) is 18.6 Å². The number of hydrogen-bond donors (Lipinski definition) is 2. The summed E-state index contributed by atoms with van der Waals surface area (Å²) in [6, 6.07) is 12.9. The molecule has 5 heteroatoms. The molecule has 4 nitrogen and oxygen atoms in total. The fourth-order valence-corrected chi connectivity index (χ4v) is 3.05. The molecule has 2 amide bonds. The van der Waals surface area contributed by atoms with E-state index in [0.29, 0.717) is 11.3 Å². The minimum Gasteiger partial charge on any atom is -0.355 e. The van der Waals surface area contributed by atoms with Crippen molar-refractivity contribution in [1.29, 1.82) is 0 Å². The van der Waals surface area contributed by atoms with Crippen LogP contribution >= 0.6 is 0 Å². The molecule has 1 saturated carbocycles. The van der Waals surface area contributed by atoms with Gasteiger partial charge in [0.25, 0.3) is 5.91 Å². The average Bonchev–Trinajstić information content (AvgIpc) is 2.55. The predicted molar refractivity (Wildman–Crippen MR) is 90.4 cm³/mol. The molecule has 1 aliphatic carbocycles. The maximum Gasteiger partial charge on any atom is 0.251 e. The van der Waals surface area contributed by atoms with Crippen LogP contribution in [0.5, 0.6) is 0 Å². The SMILES string of the molecule is CNC(=O)c1ccc(NC(=O)C2(c3ccc(F)cc3)CCC2)cc1. The van der Waals surface area contributed by atoms with Crippen LogP contribution in [0.2, 0.25) is 0 Å². The van der Waals surface area contributed by atoms with Crippen molar-refractivity contribution in [1.82, 2.24) is 5.32 Å². The lowest BCUT2D eigenvalue weighted by Crippen LogP contribution is -2.46. The van der Waals surface area contributed by atoms with Gasteiger partial charge in [-0.05, 0) is 54.8 Å². The summed E-state index contributed by atoms with van der Waals surface area (Å²) < 4.78 is 13.1. The summed E-state index contributed by atoms with van der Waals surface area (Å²) in [5.74, 6) is -0.568. The fraction of sp³-hybridized carbons (Fsp3) is 0.263. The molecular weight excluding hydrogens is 307 g/mol. The topological polar surface area (TPSA) is 58.2 Å². The highest BCUT2D eigenvalue weighted by Gasteiger charge is 2.45. The summed E-state index contributed by atoms with van der Waals surface area (Å²) in [4.78, 5) is 24.3. The Morgan fingerprint density at radius 1 is 1.00 bits per heavy atom. The molecule has 24 heavy (non-hydrogen) atoms. The number of rotatable bonds is 4. The summed E-state index contributed by atoms with van der Waals surface area (Å²) in [7, 11) is 1.57. The first kappa shape index (κ1) is 16.2. The Morgan fingerprint density at radius 3 is 2.12 bits per heavy atom. The van der Waals surface area contributed by atoms with Crippen molar-refractivity contribution in [3.63, 3.8) is 0 Å². The molecule has 0 heterocycles. The number of benzene rings is 2. The molecular formula is C19H19FN2O2. The first-order valence-corrected chi connectivity index (χ1v) is 7.95. The second kappa shape index (κ2) is 6.43. The van der Waals surface area contributed by atoms with E-state index in [4.69, 9.17) is 0 Å². The van der Waals surface area contributed by atoms with Crippen molar-refractivity contribution in [2.75, 3.05) is 12.4 Å². The van der Waals surface area contributed by atoms with E-state index in [1.165, 1.54) is 12.1 Å². The Kier molecular flexibility index (Phi) is 4.34. The van der Waals surface area contributed by atoms with Crippen LogP contribution in [0.3, 0.4) is 0 Å². The van der Waals surface area contributed by atoms with Gasteiger partial charge in [-0.2, -0.15) is 0 Å². The highest BCUT2D eigenvalue weighted by Crippen LogP contribution is 2.44. The molecule has 124 valence electrons. The molecule has 0 aromatic heterocycles. The first-order valence-electron chi connectivity index (χ1n) is 7.95. The van der Waals surface area contributed by atoms with E-state index in [-0.39, 0.29) is 17.6 Å². The van der Waals surface area contributed by atoms with Gasteiger partial charge in [0.2, 0.25) is 5.91 Å². The van der Waals surface area contributed by atoms with Crippen LogP contribution in [0.4, 0.5) is 10.1 Å². The van der Waals surface area contributed by atoms with Crippen LogP contribution in [0.1, 0.15) is 35.2 Å². The van der Waals surface area contributed by atoms with E-state index >= 15 is 0 Å². The van der Waals surface area contributed by atoms with E-state index in [9.17, 15) is 14.0 Å². The summed E-state index contributed by atoms with van der Waals surface area (Å²) in [6.07, 6.45) is 2.47. The Balaban J connectivity index is 1.78. The quantitative estimate of drug-likeness (QED) is 0.906. The van der Waals surface area contributed by atoms with Crippen LogP contribution in [-0.4, -0.2) is 18.9 Å². The van der Waals surface area contributed by atoms with Gasteiger partial charge in [-0.3, -0.25) is 9.59 Å². The molecule has 1 aliphatic rings. The van der Waals surface area contributed by atoms with Crippen LogP contribution in [0.25, 0.3) is 0 Å². The summed E-state index contributed by atoms with van der Waals surface area (Å²) in [6.45, 7) is 0. The predicted octanol–water partition coefficient (Wildman–Crippen LogP) is 3.25. The smallest absolute Gasteiger partial charge is 0.251 e. The van der Waals surface area contributed by atoms with Crippen molar-refractivity contribution in [3.05, 3.63) is 65.5 Å². The Hall–Kier alpha value is -2.69. The molecule has 2 aromatic carbocycles. The van der Waals surface area contributed by atoms with Crippen molar-refractivity contribution < 1.29 is 14.0 Å². The normalized spacial score (nSPS) is 15.2. The van der Waals surface area contributed by atoms with Gasteiger partial charge >= 0.3 is 0 Å². The maximum absolute atomic E-state index is 13.1. The van der Waals surface area contributed by atoms with Crippen LogP contribution < -0.4 is 10.6 Å². The third-order valence-corrected chi connectivity index (χ3v) is 4.67. The van der Waals surface area contributed by atoms with Gasteiger partial charge in [-0.15, -0.1) is 0 Å². The molecule has 1 fully saturated rings. The molecule has 2 N–H and O–H groups in total. The summed E-state index contributed by atoms with van der Waals surface area (Å²) in [5.41, 5.74) is 1.43. The van der Waals surface area contributed by atoms with E-state index in [1.54, 1.807) is 43.4 Å². The Morgan fingerprint density at radius 2 is 1.62 bits per heavy atom. The number of nitrogens with one attached hydrogen (secondary N) is 2. The monoisotopic (exact) mass is 326 g/mol. The number of anilines is 1. The van der Waals surface area contributed by atoms with Gasteiger partial charge in [0.05, 0.1) is 5.41 Å². The molecule has 3 rings (SSSR count). The number of carbonyl (C=O) groups excluding carboxylic acids is 2. The standard InChI is InChI=1S/C19H19FN2O2/c1-21-17(23)13-3-9-16(10-4-13)22-18(24)19(11-2-12-19)14-5-7-15(20)8-6-14/h3-10H,2,11-12H2,1H3,(H,21,23)(H,22,24). The molecule has 0 bridgehead atoms. The fourth-order valence-electron chi connectivity index (χ4n) is 3.05. The summed E-state index contributed by atoms with van der Waals surface area (Å²) in [5, 5.41) is 5.47. The Labute approximate surface area is 140 Å².